The highest BCUT2D eigenvalue weighted by Gasteiger charge is 2.07. The van der Waals surface area contributed by atoms with Gasteiger partial charge >= 0.3 is 0 Å². The van der Waals surface area contributed by atoms with Gasteiger partial charge in [0.05, 0.1) is 21.7 Å². The molecular weight excluding hydrogens is 280 g/mol. The van der Waals surface area contributed by atoms with E-state index in [0.29, 0.717) is 16.6 Å². The van der Waals surface area contributed by atoms with E-state index in [1.807, 2.05) is 24.3 Å². The van der Waals surface area contributed by atoms with E-state index in [4.69, 9.17) is 17.3 Å². The molecule has 0 amide bonds. The van der Waals surface area contributed by atoms with Crippen molar-refractivity contribution in [1.82, 2.24) is 15.0 Å². The van der Waals surface area contributed by atoms with Crippen molar-refractivity contribution in [1.29, 1.82) is 0 Å². The molecule has 6 heteroatoms. The van der Waals surface area contributed by atoms with Crippen molar-refractivity contribution >= 4 is 40.2 Å². The third-order valence-corrected chi connectivity index (χ3v) is 3.88. The van der Waals surface area contributed by atoms with Crippen LogP contribution in [0.5, 0.6) is 0 Å². The normalized spacial score (nSPS) is 11.0. The van der Waals surface area contributed by atoms with E-state index in [-0.39, 0.29) is 0 Å². The maximum Gasteiger partial charge on any atom is 0.166 e. The molecule has 0 aliphatic carbocycles. The lowest BCUT2D eigenvalue weighted by Gasteiger charge is -2.02. The molecule has 0 aliphatic heterocycles. The number of hydrogen-bond donors (Lipinski definition) is 2. The van der Waals surface area contributed by atoms with Gasteiger partial charge in [0, 0.05) is 5.75 Å². The molecule has 0 aliphatic rings. The lowest BCUT2D eigenvalue weighted by atomic mass is 10.3. The minimum absolute atomic E-state index is 0.476. The second-order valence-corrected chi connectivity index (χ2v) is 5.38. The van der Waals surface area contributed by atoms with E-state index >= 15 is 0 Å². The van der Waals surface area contributed by atoms with E-state index in [1.54, 1.807) is 23.9 Å². The highest BCUT2D eigenvalue weighted by Crippen LogP contribution is 2.25. The number of nitrogens with one attached hydrogen (secondary N) is 1. The first-order valence-corrected chi connectivity index (χ1v) is 7.07. The Morgan fingerprint density at radius 1 is 1.16 bits per heavy atom. The summed E-state index contributed by atoms with van der Waals surface area (Å²) in [4.78, 5) is 12.0. The molecule has 19 heavy (non-hydrogen) atoms. The van der Waals surface area contributed by atoms with Crippen molar-refractivity contribution in [2.45, 2.75) is 10.9 Å². The number of benzene rings is 1. The second kappa shape index (κ2) is 5.11. The fraction of sp³-hybridized carbons (Fsp3) is 0.0769. The Kier molecular flexibility index (Phi) is 3.31. The molecule has 2 aromatic heterocycles. The fourth-order valence-electron chi connectivity index (χ4n) is 1.74. The average Bonchev–Trinajstić information content (AvgIpc) is 2.82. The molecule has 0 radical (unpaired) electrons. The van der Waals surface area contributed by atoms with Gasteiger partial charge in [-0.1, -0.05) is 35.5 Å². The van der Waals surface area contributed by atoms with Crippen LogP contribution in [0.4, 0.5) is 5.82 Å². The predicted molar refractivity (Wildman–Crippen MR) is 79.3 cm³/mol. The smallest absolute Gasteiger partial charge is 0.166 e. The Balaban J connectivity index is 1.80. The number of nitrogens with two attached hydrogens (primary N) is 1. The van der Waals surface area contributed by atoms with Gasteiger partial charge in [-0.25, -0.2) is 9.97 Å². The van der Waals surface area contributed by atoms with Crippen LogP contribution in [-0.4, -0.2) is 15.0 Å². The van der Waals surface area contributed by atoms with Crippen molar-refractivity contribution in [3.63, 3.8) is 0 Å². The molecule has 0 saturated heterocycles. The van der Waals surface area contributed by atoms with Crippen LogP contribution < -0.4 is 5.73 Å². The summed E-state index contributed by atoms with van der Waals surface area (Å²) in [5.41, 5.74) is 8.41. The van der Waals surface area contributed by atoms with Crippen LogP contribution in [0.15, 0.2) is 41.6 Å². The van der Waals surface area contributed by atoms with Gasteiger partial charge in [-0.05, 0) is 24.3 Å². The van der Waals surface area contributed by atoms with E-state index < -0.39 is 0 Å². The summed E-state index contributed by atoms with van der Waals surface area (Å²) in [6, 6.07) is 11.4. The van der Waals surface area contributed by atoms with Gasteiger partial charge in [0.1, 0.15) is 5.82 Å². The SMILES string of the molecule is Nc1ccc(Cl)c(CSc2nc3ccccc3[nH]2)n1. The van der Waals surface area contributed by atoms with Crippen LogP contribution in [0.25, 0.3) is 11.0 Å². The van der Waals surface area contributed by atoms with Crippen LogP contribution >= 0.6 is 23.4 Å². The zero-order valence-electron chi connectivity index (χ0n) is 9.93. The number of anilines is 1. The van der Waals surface area contributed by atoms with Crippen molar-refractivity contribution in [2.75, 3.05) is 5.73 Å². The Hall–Kier alpha value is -1.72. The number of nitrogen functional groups attached to an aromatic ring is 1. The van der Waals surface area contributed by atoms with Crippen molar-refractivity contribution in [3.8, 4) is 0 Å². The number of thioether (sulfide) groups is 1. The van der Waals surface area contributed by atoms with Crippen LogP contribution in [-0.2, 0) is 5.75 Å². The zero-order chi connectivity index (χ0) is 13.2. The Labute approximate surface area is 119 Å². The third kappa shape index (κ3) is 2.67. The summed E-state index contributed by atoms with van der Waals surface area (Å²) in [5, 5.41) is 1.47. The second-order valence-electron chi connectivity index (χ2n) is 4.01. The highest BCUT2D eigenvalue weighted by atomic mass is 35.5. The first-order valence-electron chi connectivity index (χ1n) is 5.71. The lowest BCUT2D eigenvalue weighted by molar-refractivity contribution is 1.07. The summed E-state index contributed by atoms with van der Waals surface area (Å²) in [5.74, 6) is 1.11. The third-order valence-electron chi connectivity index (χ3n) is 2.65. The largest absolute Gasteiger partial charge is 0.384 e. The number of para-hydroxylation sites is 2. The van der Waals surface area contributed by atoms with E-state index in [9.17, 15) is 0 Å². The molecule has 0 fully saturated rings. The zero-order valence-corrected chi connectivity index (χ0v) is 11.5. The number of hydrogen-bond acceptors (Lipinski definition) is 4. The molecule has 0 unspecified atom stereocenters. The van der Waals surface area contributed by atoms with Crippen LogP contribution in [0, 0.1) is 0 Å². The summed E-state index contributed by atoms with van der Waals surface area (Å²) < 4.78 is 0. The minimum atomic E-state index is 0.476. The first-order chi connectivity index (χ1) is 9.22. The molecule has 2 heterocycles. The summed E-state index contributed by atoms with van der Waals surface area (Å²) in [7, 11) is 0. The van der Waals surface area contributed by atoms with E-state index in [2.05, 4.69) is 15.0 Å². The summed E-state index contributed by atoms with van der Waals surface area (Å²) in [6.07, 6.45) is 0. The van der Waals surface area contributed by atoms with Gasteiger partial charge in [0.25, 0.3) is 0 Å². The van der Waals surface area contributed by atoms with Crippen LogP contribution in [0.1, 0.15) is 5.69 Å². The minimum Gasteiger partial charge on any atom is -0.384 e. The summed E-state index contributed by atoms with van der Waals surface area (Å²) in [6.45, 7) is 0. The molecule has 3 N–H and O–H groups in total. The Morgan fingerprint density at radius 3 is 2.84 bits per heavy atom. The molecule has 1 aromatic carbocycles. The molecule has 0 atom stereocenters. The molecule has 4 nitrogen and oxygen atoms in total. The topological polar surface area (TPSA) is 67.6 Å². The standard InChI is InChI=1S/C13H11ClN4S/c14-8-5-6-12(15)16-11(8)7-19-13-17-9-3-1-2-4-10(9)18-13/h1-6H,7H2,(H2,15,16)(H,17,18). The number of rotatable bonds is 3. The molecule has 0 saturated carbocycles. The molecule has 96 valence electrons. The molecular formula is C13H11ClN4S. The number of H-pyrrole nitrogens is 1. The number of aromatic nitrogens is 3. The number of aromatic amines is 1. The van der Waals surface area contributed by atoms with Crippen LogP contribution in [0.3, 0.4) is 0 Å². The number of imidazole rings is 1. The highest BCUT2D eigenvalue weighted by molar-refractivity contribution is 7.98. The maximum absolute atomic E-state index is 6.08. The van der Waals surface area contributed by atoms with Gasteiger partial charge < -0.3 is 10.7 Å². The van der Waals surface area contributed by atoms with E-state index in [1.165, 1.54) is 0 Å². The molecule has 3 aromatic rings. The lowest BCUT2D eigenvalue weighted by Crippen LogP contribution is -1.95. The maximum atomic E-state index is 6.08. The monoisotopic (exact) mass is 290 g/mol. The predicted octanol–water partition coefficient (Wildman–Crippen LogP) is 3.49. The van der Waals surface area contributed by atoms with Crippen LogP contribution in [0.2, 0.25) is 5.02 Å². The Morgan fingerprint density at radius 2 is 2.00 bits per heavy atom. The van der Waals surface area contributed by atoms with Gasteiger partial charge in [0.15, 0.2) is 5.16 Å². The van der Waals surface area contributed by atoms with Gasteiger partial charge in [-0.3, -0.25) is 0 Å². The van der Waals surface area contributed by atoms with E-state index in [0.717, 1.165) is 21.9 Å². The van der Waals surface area contributed by atoms with Crippen molar-refractivity contribution in [3.05, 3.63) is 47.1 Å². The van der Waals surface area contributed by atoms with Gasteiger partial charge in [-0.15, -0.1) is 0 Å². The number of halogens is 1. The number of fused-ring (bicyclic) bond motifs is 1. The number of nitrogens with zero attached hydrogens (tertiary/aromatic N) is 2. The average molecular weight is 291 g/mol. The van der Waals surface area contributed by atoms with Crippen molar-refractivity contribution in [2.24, 2.45) is 0 Å². The fourth-order valence-corrected chi connectivity index (χ4v) is 2.83. The van der Waals surface area contributed by atoms with Crippen molar-refractivity contribution < 1.29 is 0 Å². The molecule has 3 rings (SSSR count). The van der Waals surface area contributed by atoms with Gasteiger partial charge in [0.2, 0.25) is 0 Å². The summed E-state index contributed by atoms with van der Waals surface area (Å²) >= 11 is 7.63. The first kappa shape index (κ1) is 12.3. The Bertz CT molecular complexity index is 692. The van der Waals surface area contributed by atoms with Gasteiger partial charge in [-0.2, -0.15) is 0 Å². The quantitative estimate of drug-likeness (QED) is 0.725. The molecule has 0 bridgehead atoms. The number of pyridine rings is 1. The molecule has 0 spiro atoms.